The number of rotatable bonds is 7. The fourth-order valence-corrected chi connectivity index (χ4v) is 3.35. The molecule has 0 radical (unpaired) electrons. The fraction of sp³-hybridized carbons (Fsp3) is 0.211. The Morgan fingerprint density at radius 3 is 2.69 bits per heavy atom. The quantitative estimate of drug-likeness (QED) is 0.438. The van der Waals surface area contributed by atoms with Crippen LogP contribution in [0.1, 0.15) is 22.8 Å². The molecule has 1 heterocycles. The molecule has 0 saturated heterocycles. The third-order valence-corrected chi connectivity index (χ3v) is 5.12. The number of benzene rings is 2. The molecule has 0 amide bonds. The second-order valence-electron chi connectivity index (χ2n) is 5.59. The van der Waals surface area contributed by atoms with E-state index in [9.17, 15) is 4.79 Å². The minimum Gasteiger partial charge on any atom is -0.494 e. The Kier molecular flexibility index (Phi) is 5.96. The standard InChI is InChI=1S/C19H18ClN3O2S/c1-3-25-16-8-5-14(6-9-16)18(24)11-26-19-22-21-12-23(19)15-7-4-13(2)17(20)10-15/h4-10,12H,3,11H2,1-2H3. The Bertz CT molecular complexity index is 909. The average molecular weight is 388 g/mol. The highest BCUT2D eigenvalue weighted by Crippen LogP contribution is 2.24. The van der Waals surface area contributed by atoms with Gasteiger partial charge in [0.05, 0.1) is 18.0 Å². The van der Waals surface area contributed by atoms with Crippen molar-refractivity contribution in [2.45, 2.75) is 19.0 Å². The number of aromatic nitrogens is 3. The number of carbonyl (C=O) groups is 1. The summed E-state index contributed by atoms with van der Waals surface area (Å²) in [5, 5.41) is 9.39. The van der Waals surface area contributed by atoms with E-state index in [-0.39, 0.29) is 11.5 Å². The van der Waals surface area contributed by atoms with Crippen LogP contribution >= 0.6 is 23.4 Å². The number of thioether (sulfide) groups is 1. The zero-order valence-corrected chi connectivity index (χ0v) is 16.0. The lowest BCUT2D eigenvalue weighted by atomic mass is 10.1. The minimum absolute atomic E-state index is 0.0227. The Morgan fingerprint density at radius 1 is 1.23 bits per heavy atom. The van der Waals surface area contributed by atoms with Crippen LogP contribution in [0, 0.1) is 6.92 Å². The van der Waals surface area contributed by atoms with Crippen molar-refractivity contribution in [2.75, 3.05) is 12.4 Å². The Morgan fingerprint density at radius 2 is 2.00 bits per heavy atom. The van der Waals surface area contributed by atoms with Crippen molar-refractivity contribution < 1.29 is 9.53 Å². The van der Waals surface area contributed by atoms with Gasteiger partial charge in [-0.3, -0.25) is 9.36 Å². The van der Waals surface area contributed by atoms with Gasteiger partial charge in [0.2, 0.25) is 0 Å². The van der Waals surface area contributed by atoms with E-state index < -0.39 is 0 Å². The van der Waals surface area contributed by atoms with Crippen molar-refractivity contribution in [1.82, 2.24) is 14.8 Å². The van der Waals surface area contributed by atoms with Gasteiger partial charge in [-0.15, -0.1) is 10.2 Å². The van der Waals surface area contributed by atoms with E-state index in [1.165, 1.54) is 11.8 Å². The summed E-state index contributed by atoms with van der Waals surface area (Å²) in [5.74, 6) is 1.05. The highest BCUT2D eigenvalue weighted by atomic mass is 35.5. The highest BCUT2D eigenvalue weighted by molar-refractivity contribution is 7.99. The number of Topliss-reactive ketones (excluding diaryl/α,β-unsaturated/α-hetero) is 1. The molecule has 0 aliphatic heterocycles. The Hall–Kier alpha value is -2.31. The largest absolute Gasteiger partial charge is 0.494 e. The van der Waals surface area contributed by atoms with E-state index in [0.717, 1.165) is 17.0 Å². The maximum Gasteiger partial charge on any atom is 0.196 e. The number of ether oxygens (including phenoxy) is 1. The molecule has 134 valence electrons. The van der Waals surface area contributed by atoms with Gasteiger partial charge >= 0.3 is 0 Å². The molecule has 0 atom stereocenters. The highest BCUT2D eigenvalue weighted by Gasteiger charge is 2.12. The lowest BCUT2D eigenvalue weighted by Gasteiger charge is -2.08. The van der Waals surface area contributed by atoms with Crippen molar-refractivity contribution in [2.24, 2.45) is 0 Å². The topological polar surface area (TPSA) is 57.0 Å². The van der Waals surface area contributed by atoms with Crippen LogP contribution in [-0.2, 0) is 0 Å². The van der Waals surface area contributed by atoms with Crippen molar-refractivity contribution in [3.8, 4) is 11.4 Å². The Balaban J connectivity index is 1.69. The first-order valence-electron chi connectivity index (χ1n) is 8.14. The van der Waals surface area contributed by atoms with Gasteiger partial charge in [0.1, 0.15) is 12.1 Å². The second kappa shape index (κ2) is 8.38. The summed E-state index contributed by atoms with van der Waals surface area (Å²) in [7, 11) is 0. The zero-order valence-electron chi connectivity index (χ0n) is 14.5. The van der Waals surface area contributed by atoms with Crippen LogP contribution in [0.2, 0.25) is 5.02 Å². The molecule has 0 aliphatic carbocycles. The van der Waals surface area contributed by atoms with Gasteiger partial charge in [-0.05, 0) is 55.8 Å². The number of aryl methyl sites for hydroxylation is 1. The van der Waals surface area contributed by atoms with E-state index >= 15 is 0 Å². The average Bonchev–Trinajstić information content (AvgIpc) is 3.11. The number of halogens is 1. The van der Waals surface area contributed by atoms with E-state index in [0.29, 0.717) is 22.3 Å². The second-order valence-corrected chi connectivity index (χ2v) is 6.94. The van der Waals surface area contributed by atoms with Gasteiger partial charge < -0.3 is 4.74 Å². The molecular formula is C19H18ClN3O2S. The fourth-order valence-electron chi connectivity index (χ4n) is 2.35. The number of ketones is 1. The van der Waals surface area contributed by atoms with Crippen molar-refractivity contribution >= 4 is 29.1 Å². The van der Waals surface area contributed by atoms with E-state index in [4.69, 9.17) is 16.3 Å². The zero-order chi connectivity index (χ0) is 18.5. The molecule has 1 aromatic heterocycles. The monoisotopic (exact) mass is 387 g/mol. The molecule has 3 rings (SSSR count). The summed E-state index contributed by atoms with van der Waals surface area (Å²) >= 11 is 7.54. The molecule has 0 spiro atoms. The molecule has 26 heavy (non-hydrogen) atoms. The molecule has 0 aliphatic rings. The Labute approximate surface area is 161 Å². The van der Waals surface area contributed by atoms with Crippen molar-refractivity contribution in [3.63, 3.8) is 0 Å². The van der Waals surface area contributed by atoms with Crippen LogP contribution in [0.25, 0.3) is 5.69 Å². The maximum absolute atomic E-state index is 12.4. The summed E-state index contributed by atoms with van der Waals surface area (Å²) in [6.07, 6.45) is 1.62. The molecule has 0 bridgehead atoms. The van der Waals surface area contributed by atoms with Gasteiger partial charge in [-0.1, -0.05) is 29.4 Å². The van der Waals surface area contributed by atoms with Crippen LogP contribution in [-0.4, -0.2) is 32.9 Å². The SMILES string of the molecule is CCOc1ccc(C(=O)CSc2nncn2-c2ccc(C)c(Cl)c2)cc1. The lowest BCUT2D eigenvalue weighted by molar-refractivity contribution is 0.102. The molecule has 5 nitrogen and oxygen atoms in total. The summed E-state index contributed by atoms with van der Waals surface area (Å²) < 4.78 is 7.21. The van der Waals surface area contributed by atoms with E-state index in [1.807, 2.05) is 36.6 Å². The normalized spacial score (nSPS) is 10.7. The smallest absolute Gasteiger partial charge is 0.196 e. The first-order valence-corrected chi connectivity index (χ1v) is 9.50. The van der Waals surface area contributed by atoms with E-state index in [1.54, 1.807) is 30.6 Å². The molecule has 0 unspecified atom stereocenters. The van der Waals surface area contributed by atoms with Crippen LogP contribution in [0.5, 0.6) is 5.75 Å². The number of carbonyl (C=O) groups excluding carboxylic acids is 1. The maximum atomic E-state index is 12.4. The van der Waals surface area contributed by atoms with Crippen LogP contribution in [0.15, 0.2) is 53.9 Å². The summed E-state index contributed by atoms with van der Waals surface area (Å²) in [4.78, 5) is 12.4. The first-order chi connectivity index (χ1) is 12.6. The number of hydrogen-bond donors (Lipinski definition) is 0. The summed E-state index contributed by atoms with van der Waals surface area (Å²) in [6, 6.07) is 12.9. The first kappa shape index (κ1) is 18.5. The van der Waals surface area contributed by atoms with Gasteiger partial charge in [0.15, 0.2) is 10.9 Å². The predicted molar refractivity (Wildman–Crippen MR) is 104 cm³/mol. The summed E-state index contributed by atoms with van der Waals surface area (Å²) in [5.41, 5.74) is 2.51. The van der Waals surface area contributed by atoms with Gasteiger partial charge in [0, 0.05) is 10.6 Å². The van der Waals surface area contributed by atoms with E-state index in [2.05, 4.69) is 10.2 Å². The number of nitrogens with zero attached hydrogens (tertiary/aromatic N) is 3. The molecular weight excluding hydrogens is 370 g/mol. The van der Waals surface area contributed by atoms with Crippen LogP contribution in [0.4, 0.5) is 0 Å². The van der Waals surface area contributed by atoms with Crippen LogP contribution < -0.4 is 4.74 Å². The lowest BCUT2D eigenvalue weighted by Crippen LogP contribution is -2.04. The van der Waals surface area contributed by atoms with Gasteiger partial charge in [-0.2, -0.15) is 0 Å². The molecule has 2 aromatic carbocycles. The van der Waals surface area contributed by atoms with Gasteiger partial charge in [0.25, 0.3) is 0 Å². The molecule has 3 aromatic rings. The number of hydrogen-bond acceptors (Lipinski definition) is 5. The molecule has 7 heteroatoms. The van der Waals surface area contributed by atoms with Gasteiger partial charge in [-0.25, -0.2) is 0 Å². The molecule has 0 N–H and O–H groups in total. The minimum atomic E-state index is 0.0227. The summed E-state index contributed by atoms with van der Waals surface area (Å²) in [6.45, 7) is 4.47. The van der Waals surface area contributed by atoms with Crippen molar-refractivity contribution in [1.29, 1.82) is 0 Å². The third kappa shape index (κ3) is 4.26. The van der Waals surface area contributed by atoms with Crippen LogP contribution in [0.3, 0.4) is 0 Å². The molecule has 0 fully saturated rings. The predicted octanol–water partition coefficient (Wildman–Crippen LogP) is 4.60. The van der Waals surface area contributed by atoms with Crippen molar-refractivity contribution in [3.05, 3.63) is 64.9 Å². The molecule has 0 saturated carbocycles. The third-order valence-electron chi connectivity index (χ3n) is 3.77.